The molecule has 0 aliphatic heterocycles. The van der Waals surface area contributed by atoms with Gasteiger partial charge in [-0.25, -0.2) is 4.79 Å². The average molecular weight is 331 g/mol. The minimum absolute atomic E-state index is 0.273. The molecule has 1 aromatic heterocycles. The van der Waals surface area contributed by atoms with E-state index in [-0.39, 0.29) is 5.02 Å². The summed E-state index contributed by atoms with van der Waals surface area (Å²) >= 11 is 6.11. The van der Waals surface area contributed by atoms with Crippen LogP contribution in [0.5, 0.6) is 11.5 Å². The molecule has 1 heterocycles. The second-order valence-electron chi connectivity index (χ2n) is 4.98. The highest BCUT2D eigenvalue weighted by Gasteiger charge is 2.13. The second-order valence-corrected chi connectivity index (χ2v) is 5.38. The fourth-order valence-corrected chi connectivity index (χ4v) is 2.55. The van der Waals surface area contributed by atoms with E-state index in [1.807, 2.05) is 31.2 Å². The monoisotopic (exact) mass is 330 g/mol. The fourth-order valence-electron chi connectivity index (χ4n) is 2.31. The van der Waals surface area contributed by atoms with E-state index in [1.54, 1.807) is 18.2 Å². The average Bonchev–Trinajstić information content (AvgIpc) is 2.99. The lowest BCUT2D eigenvalue weighted by molar-refractivity contribution is 0.0601. The van der Waals surface area contributed by atoms with Gasteiger partial charge in [-0.2, -0.15) is 0 Å². The number of ether oxygens (including phenoxy) is 2. The van der Waals surface area contributed by atoms with Crippen molar-refractivity contribution in [3.63, 3.8) is 0 Å². The van der Waals surface area contributed by atoms with Gasteiger partial charge < -0.3 is 13.9 Å². The van der Waals surface area contributed by atoms with Crippen LogP contribution in [0.15, 0.2) is 46.9 Å². The zero-order valence-electron chi connectivity index (χ0n) is 12.8. The van der Waals surface area contributed by atoms with Crippen LogP contribution in [0.25, 0.3) is 11.0 Å². The normalized spacial score (nSPS) is 10.7. The Morgan fingerprint density at radius 3 is 2.74 bits per heavy atom. The maximum absolute atomic E-state index is 11.6. The smallest absolute Gasteiger partial charge is 0.339 e. The van der Waals surface area contributed by atoms with Crippen molar-refractivity contribution in [2.24, 2.45) is 0 Å². The summed E-state index contributed by atoms with van der Waals surface area (Å²) in [6, 6.07) is 12.5. The number of hydrogen-bond donors (Lipinski definition) is 0. The number of methoxy groups -OCH3 is 1. The van der Waals surface area contributed by atoms with Crippen LogP contribution in [0, 0.1) is 0 Å². The molecule has 0 saturated carbocycles. The third-order valence-corrected chi connectivity index (χ3v) is 3.79. The van der Waals surface area contributed by atoms with Crippen LogP contribution in [0.4, 0.5) is 0 Å². The molecule has 0 amide bonds. The molecule has 0 N–H and O–H groups in total. The highest BCUT2D eigenvalue weighted by atomic mass is 35.5. The Hall–Kier alpha value is -2.46. The molecule has 4 nitrogen and oxygen atoms in total. The zero-order chi connectivity index (χ0) is 16.4. The first-order chi connectivity index (χ1) is 11.1. The zero-order valence-corrected chi connectivity index (χ0v) is 13.5. The predicted octanol–water partition coefficient (Wildman–Crippen LogP) is 5.23. The Labute approximate surface area is 138 Å². The molecule has 0 fully saturated rings. The van der Waals surface area contributed by atoms with Gasteiger partial charge in [0.05, 0.1) is 17.7 Å². The number of rotatable bonds is 4. The molecule has 0 aliphatic carbocycles. The Kier molecular flexibility index (Phi) is 4.26. The molecule has 2 aromatic carbocycles. The van der Waals surface area contributed by atoms with E-state index in [4.69, 9.17) is 20.8 Å². The van der Waals surface area contributed by atoms with Crippen molar-refractivity contribution in [2.45, 2.75) is 13.3 Å². The summed E-state index contributed by atoms with van der Waals surface area (Å²) in [6.07, 6.45) is 0.813. The molecule has 3 aromatic rings. The number of furan rings is 1. The van der Waals surface area contributed by atoms with Crippen LogP contribution in [-0.4, -0.2) is 13.1 Å². The van der Waals surface area contributed by atoms with Gasteiger partial charge in [0.15, 0.2) is 11.3 Å². The van der Waals surface area contributed by atoms with Gasteiger partial charge >= 0.3 is 5.97 Å². The van der Waals surface area contributed by atoms with Crippen LogP contribution in [0.2, 0.25) is 5.02 Å². The number of fused-ring (bicyclic) bond motifs is 1. The lowest BCUT2D eigenvalue weighted by atomic mass is 10.2. The number of aryl methyl sites for hydroxylation is 1. The first kappa shape index (κ1) is 15.4. The maximum Gasteiger partial charge on any atom is 0.339 e. The first-order valence-electron chi connectivity index (χ1n) is 7.19. The largest absolute Gasteiger partial charge is 0.465 e. The Morgan fingerprint density at radius 1 is 1.22 bits per heavy atom. The van der Waals surface area contributed by atoms with Crippen LogP contribution in [0.3, 0.4) is 0 Å². The molecule has 0 radical (unpaired) electrons. The molecule has 3 rings (SSSR count). The standard InChI is InChI=1S/C18H15ClO4/c1-3-12-9-11-5-4-6-16(17(11)23-12)22-13-7-8-14(15(19)10-13)18(20)21-2/h4-10H,3H2,1-2H3. The Balaban J connectivity index is 1.94. The summed E-state index contributed by atoms with van der Waals surface area (Å²) in [7, 11) is 1.31. The maximum atomic E-state index is 11.6. The van der Waals surface area contributed by atoms with Crippen molar-refractivity contribution >= 4 is 28.5 Å². The van der Waals surface area contributed by atoms with Crippen LogP contribution >= 0.6 is 11.6 Å². The van der Waals surface area contributed by atoms with E-state index in [1.165, 1.54) is 7.11 Å². The first-order valence-corrected chi connectivity index (χ1v) is 7.57. The van der Waals surface area contributed by atoms with Gasteiger partial charge in [-0.1, -0.05) is 30.7 Å². The molecule has 23 heavy (non-hydrogen) atoms. The van der Waals surface area contributed by atoms with Gasteiger partial charge in [0, 0.05) is 17.9 Å². The summed E-state index contributed by atoms with van der Waals surface area (Å²) < 4.78 is 16.3. The Bertz CT molecular complexity index is 867. The molecule has 0 saturated heterocycles. The SMILES string of the molecule is CCc1cc2cccc(Oc3ccc(C(=O)OC)c(Cl)c3)c2o1. The van der Waals surface area contributed by atoms with Crippen molar-refractivity contribution in [3.05, 3.63) is 58.8 Å². The minimum atomic E-state index is -0.484. The van der Waals surface area contributed by atoms with Crippen molar-refractivity contribution in [1.82, 2.24) is 0 Å². The second kappa shape index (κ2) is 6.34. The summed E-state index contributed by atoms with van der Waals surface area (Å²) in [4.78, 5) is 11.6. The van der Waals surface area contributed by atoms with E-state index >= 15 is 0 Å². The summed E-state index contributed by atoms with van der Waals surface area (Å²) in [5, 5.41) is 1.26. The molecule has 5 heteroatoms. The summed E-state index contributed by atoms with van der Waals surface area (Å²) in [6.45, 7) is 2.03. The fraction of sp³-hybridized carbons (Fsp3) is 0.167. The molecule has 118 valence electrons. The van der Waals surface area contributed by atoms with E-state index < -0.39 is 5.97 Å². The van der Waals surface area contributed by atoms with Crippen LogP contribution in [-0.2, 0) is 11.2 Å². The van der Waals surface area contributed by atoms with Crippen molar-refractivity contribution < 1.29 is 18.7 Å². The predicted molar refractivity (Wildman–Crippen MR) is 88.5 cm³/mol. The summed E-state index contributed by atoms with van der Waals surface area (Å²) in [5.41, 5.74) is 0.989. The molecular weight excluding hydrogens is 316 g/mol. The third-order valence-electron chi connectivity index (χ3n) is 3.48. The number of esters is 1. The molecule has 0 spiro atoms. The van der Waals surface area contributed by atoms with Crippen LogP contribution in [0.1, 0.15) is 23.0 Å². The van der Waals surface area contributed by atoms with Crippen molar-refractivity contribution in [3.8, 4) is 11.5 Å². The third kappa shape index (κ3) is 3.03. The van der Waals surface area contributed by atoms with Gasteiger partial charge in [0.25, 0.3) is 0 Å². The number of hydrogen-bond acceptors (Lipinski definition) is 4. The Morgan fingerprint density at radius 2 is 2.04 bits per heavy atom. The van der Waals surface area contributed by atoms with E-state index in [0.717, 1.165) is 17.6 Å². The van der Waals surface area contributed by atoms with Gasteiger partial charge in [-0.3, -0.25) is 0 Å². The van der Waals surface area contributed by atoms with Crippen LogP contribution < -0.4 is 4.74 Å². The number of carbonyl (C=O) groups is 1. The number of para-hydroxylation sites is 1. The van der Waals surface area contributed by atoms with E-state index in [2.05, 4.69) is 4.74 Å². The highest BCUT2D eigenvalue weighted by Crippen LogP contribution is 2.33. The molecule has 0 bridgehead atoms. The number of benzene rings is 2. The number of carbonyl (C=O) groups excluding carboxylic acids is 1. The summed E-state index contributed by atoms with van der Waals surface area (Å²) in [5.74, 6) is 1.53. The highest BCUT2D eigenvalue weighted by molar-refractivity contribution is 6.33. The number of halogens is 1. The van der Waals surface area contributed by atoms with Gasteiger partial charge in [-0.15, -0.1) is 0 Å². The minimum Gasteiger partial charge on any atom is -0.465 e. The molecule has 0 aliphatic rings. The van der Waals surface area contributed by atoms with Crippen molar-refractivity contribution in [2.75, 3.05) is 7.11 Å². The van der Waals surface area contributed by atoms with Gasteiger partial charge in [0.2, 0.25) is 0 Å². The lowest BCUT2D eigenvalue weighted by Crippen LogP contribution is -2.01. The van der Waals surface area contributed by atoms with Gasteiger partial charge in [0.1, 0.15) is 11.5 Å². The molecular formula is C18H15ClO4. The van der Waals surface area contributed by atoms with Crippen molar-refractivity contribution in [1.29, 1.82) is 0 Å². The lowest BCUT2D eigenvalue weighted by Gasteiger charge is -2.08. The quantitative estimate of drug-likeness (QED) is 0.615. The van der Waals surface area contributed by atoms with E-state index in [0.29, 0.717) is 22.6 Å². The van der Waals surface area contributed by atoms with Gasteiger partial charge in [-0.05, 0) is 24.3 Å². The molecule has 0 atom stereocenters. The van der Waals surface area contributed by atoms with E-state index in [9.17, 15) is 4.79 Å². The molecule has 0 unspecified atom stereocenters. The topological polar surface area (TPSA) is 48.7 Å².